The predicted octanol–water partition coefficient (Wildman–Crippen LogP) is 4.35. The fraction of sp³-hybridized carbons (Fsp3) is 0.118. The number of nitrogens with one attached hydrogen (secondary N) is 2. The van der Waals surface area contributed by atoms with E-state index in [0.717, 1.165) is 16.6 Å². The first-order valence-corrected chi connectivity index (χ1v) is 9.32. The fourth-order valence-corrected chi connectivity index (χ4v) is 4.00. The number of H-pyrrole nitrogens is 1. The van der Waals surface area contributed by atoms with Crippen LogP contribution >= 0.6 is 23.1 Å². The van der Waals surface area contributed by atoms with E-state index in [-0.39, 0.29) is 17.5 Å². The van der Waals surface area contributed by atoms with Crippen molar-refractivity contribution in [2.75, 3.05) is 11.1 Å². The van der Waals surface area contributed by atoms with Crippen molar-refractivity contribution in [3.8, 4) is 0 Å². The largest absolute Gasteiger partial charge is 0.333 e. The summed E-state index contributed by atoms with van der Waals surface area (Å²) in [6, 6.07) is 10.3. The summed E-state index contributed by atoms with van der Waals surface area (Å²) in [6.45, 7) is 2.02. The molecule has 2 N–H and O–H groups in total. The highest BCUT2D eigenvalue weighted by Crippen LogP contribution is 2.27. The summed E-state index contributed by atoms with van der Waals surface area (Å²) in [4.78, 5) is 24.0. The van der Waals surface area contributed by atoms with Crippen molar-refractivity contribution < 1.29 is 9.18 Å². The minimum atomic E-state index is -0.315. The Hall–Kier alpha value is -2.45. The number of aryl methyl sites for hydroxylation is 1. The van der Waals surface area contributed by atoms with Crippen LogP contribution in [-0.4, -0.2) is 26.6 Å². The van der Waals surface area contributed by atoms with Gasteiger partial charge in [-0.25, -0.2) is 14.4 Å². The molecule has 0 bridgehead atoms. The number of rotatable bonds is 4. The van der Waals surface area contributed by atoms with Gasteiger partial charge in [-0.1, -0.05) is 29.2 Å². The van der Waals surface area contributed by atoms with E-state index >= 15 is 0 Å². The van der Waals surface area contributed by atoms with Crippen molar-refractivity contribution in [2.24, 2.45) is 0 Å². The number of carbonyl (C=O) groups is 1. The third-order valence-electron chi connectivity index (χ3n) is 3.55. The molecule has 0 spiro atoms. The van der Waals surface area contributed by atoms with E-state index < -0.39 is 0 Å². The SMILES string of the molecule is Cc1ccc2nc(SCC(=O)Nc3nc4ccc(F)cc4s3)[nH]c2c1. The van der Waals surface area contributed by atoms with E-state index in [9.17, 15) is 9.18 Å². The number of nitrogens with zero attached hydrogens (tertiary/aromatic N) is 2. The Balaban J connectivity index is 1.42. The van der Waals surface area contributed by atoms with Gasteiger partial charge in [-0.3, -0.25) is 4.79 Å². The maximum Gasteiger partial charge on any atom is 0.236 e. The fourth-order valence-electron chi connectivity index (χ4n) is 2.41. The Kier molecular flexibility index (Phi) is 4.14. The Labute approximate surface area is 150 Å². The Morgan fingerprint density at radius 2 is 2.08 bits per heavy atom. The normalized spacial score (nSPS) is 11.3. The lowest BCUT2D eigenvalue weighted by Gasteiger charge is -1.99. The summed E-state index contributed by atoms with van der Waals surface area (Å²) in [5.74, 6) is -0.283. The molecule has 0 aliphatic carbocycles. The first-order valence-electron chi connectivity index (χ1n) is 7.52. The molecule has 0 saturated carbocycles. The quantitative estimate of drug-likeness (QED) is 0.523. The zero-order valence-electron chi connectivity index (χ0n) is 13.2. The van der Waals surface area contributed by atoms with Crippen LogP contribution in [0.2, 0.25) is 0 Å². The van der Waals surface area contributed by atoms with Gasteiger partial charge in [0.2, 0.25) is 5.91 Å². The molecule has 8 heteroatoms. The number of thiazole rings is 1. The maximum atomic E-state index is 13.2. The number of hydrogen-bond donors (Lipinski definition) is 2. The van der Waals surface area contributed by atoms with Crippen molar-refractivity contribution in [1.29, 1.82) is 0 Å². The molecule has 2 aromatic carbocycles. The third-order valence-corrected chi connectivity index (χ3v) is 5.36. The molecule has 126 valence electrons. The number of thioether (sulfide) groups is 1. The molecular weight excluding hydrogens is 359 g/mol. The van der Waals surface area contributed by atoms with E-state index in [2.05, 4.69) is 20.3 Å². The Morgan fingerprint density at radius 3 is 2.96 bits per heavy atom. The van der Waals surface area contributed by atoms with Crippen LogP contribution < -0.4 is 5.32 Å². The molecule has 0 fully saturated rings. The van der Waals surface area contributed by atoms with E-state index in [1.807, 2.05) is 25.1 Å². The molecule has 1 amide bonds. The summed E-state index contributed by atoms with van der Waals surface area (Å²) in [6.07, 6.45) is 0. The van der Waals surface area contributed by atoms with E-state index in [1.165, 1.54) is 35.2 Å². The second-order valence-electron chi connectivity index (χ2n) is 5.53. The summed E-state index contributed by atoms with van der Waals surface area (Å²) >= 11 is 2.58. The molecule has 4 rings (SSSR count). The smallest absolute Gasteiger partial charge is 0.236 e. The molecule has 0 atom stereocenters. The molecule has 0 radical (unpaired) electrons. The van der Waals surface area contributed by atoms with Gasteiger partial charge in [0.05, 0.1) is 27.0 Å². The van der Waals surface area contributed by atoms with Crippen LogP contribution in [0.25, 0.3) is 21.3 Å². The predicted molar refractivity (Wildman–Crippen MR) is 99.8 cm³/mol. The van der Waals surface area contributed by atoms with E-state index in [0.29, 0.717) is 20.5 Å². The van der Waals surface area contributed by atoms with Gasteiger partial charge in [0.1, 0.15) is 5.82 Å². The van der Waals surface area contributed by atoms with Gasteiger partial charge in [-0.2, -0.15) is 0 Å². The number of hydrogen-bond acceptors (Lipinski definition) is 5. The number of amides is 1. The van der Waals surface area contributed by atoms with Crippen molar-refractivity contribution in [2.45, 2.75) is 12.1 Å². The lowest BCUT2D eigenvalue weighted by molar-refractivity contribution is -0.113. The topological polar surface area (TPSA) is 70.7 Å². The van der Waals surface area contributed by atoms with Crippen molar-refractivity contribution in [3.63, 3.8) is 0 Å². The van der Waals surface area contributed by atoms with E-state index in [4.69, 9.17) is 0 Å². The Morgan fingerprint density at radius 1 is 1.24 bits per heavy atom. The van der Waals surface area contributed by atoms with Crippen LogP contribution in [0.5, 0.6) is 0 Å². The number of anilines is 1. The third kappa shape index (κ3) is 3.49. The lowest BCUT2D eigenvalue weighted by Crippen LogP contribution is -2.13. The number of fused-ring (bicyclic) bond motifs is 2. The van der Waals surface area contributed by atoms with E-state index in [1.54, 1.807) is 6.07 Å². The average Bonchev–Trinajstić information content (AvgIpc) is 3.14. The van der Waals surface area contributed by atoms with Gasteiger partial charge in [0.25, 0.3) is 0 Å². The molecule has 5 nitrogen and oxygen atoms in total. The van der Waals surface area contributed by atoms with Crippen LogP contribution in [-0.2, 0) is 4.79 Å². The molecule has 4 aromatic rings. The number of carbonyl (C=O) groups excluding carboxylic acids is 1. The van der Waals surface area contributed by atoms with Gasteiger partial charge in [-0.15, -0.1) is 0 Å². The first kappa shape index (κ1) is 16.0. The van der Waals surface area contributed by atoms with Crippen LogP contribution in [0.1, 0.15) is 5.56 Å². The van der Waals surface area contributed by atoms with Gasteiger partial charge in [0, 0.05) is 0 Å². The number of halogens is 1. The number of benzene rings is 2. The lowest BCUT2D eigenvalue weighted by atomic mass is 10.2. The highest BCUT2D eigenvalue weighted by Gasteiger charge is 2.11. The first-order chi connectivity index (χ1) is 12.1. The second kappa shape index (κ2) is 6.45. The molecular formula is C17H13FN4OS2. The molecule has 0 aliphatic rings. The Bertz CT molecular complexity index is 1090. The van der Waals surface area contributed by atoms with Gasteiger partial charge >= 0.3 is 0 Å². The number of aromatic nitrogens is 3. The molecule has 2 aromatic heterocycles. The van der Waals surface area contributed by atoms with Gasteiger partial charge in [0.15, 0.2) is 10.3 Å². The van der Waals surface area contributed by atoms with Gasteiger partial charge in [-0.05, 0) is 42.8 Å². The summed E-state index contributed by atoms with van der Waals surface area (Å²) in [7, 11) is 0. The highest BCUT2D eigenvalue weighted by molar-refractivity contribution is 7.99. The summed E-state index contributed by atoms with van der Waals surface area (Å²) in [5, 5.41) is 3.91. The maximum absolute atomic E-state index is 13.2. The van der Waals surface area contributed by atoms with Crippen molar-refractivity contribution in [1.82, 2.24) is 15.0 Å². The number of imidazole rings is 1. The highest BCUT2D eigenvalue weighted by atomic mass is 32.2. The molecule has 0 saturated heterocycles. The van der Waals surface area contributed by atoms with Gasteiger partial charge < -0.3 is 10.3 Å². The zero-order chi connectivity index (χ0) is 17.4. The minimum Gasteiger partial charge on any atom is -0.333 e. The molecule has 0 unspecified atom stereocenters. The molecule has 25 heavy (non-hydrogen) atoms. The second-order valence-corrected chi connectivity index (χ2v) is 7.53. The van der Waals surface area contributed by atoms with Crippen LogP contribution in [0, 0.1) is 12.7 Å². The molecule has 0 aliphatic heterocycles. The van der Waals surface area contributed by atoms with Crippen LogP contribution in [0.4, 0.5) is 9.52 Å². The summed E-state index contributed by atoms with van der Waals surface area (Å²) in [5.41, 5.74) is 3.65. The van der Waals surface area contributed by atoms with Crippen molar-refractivity contribution in [3.05, 3.63) is 47.8 Å². The van der Waals surface area contributed by atoms with Crippen molar-refractivity contribution >= 4 is 55.4 Å². The van der Waals surface area contributed by atoms with Crippen LogP contribution in [0.3, 0.4) is 0 Å². The number of aromatic amines is 1. The van der Waals surface area contributed by atoms with Crippen LogP contribution in [0.15, 0.2) is 41.6 Å². The molecule has 2 heterocycles. The summed E-state index contributed by atoms with van der Waals surface area (Å²) < 4.78 is 13.9. The monoisotopic (exact) mass is 372 g/mol. The standard InChI is InChI=1S/C17H13FN4OS2/c1-9-2-4-11-13(6-9)21-16(19-11)24-8-15(23)22-17-20-12-5-3-10(18)7-14(12)25-17/h2-7H,8H2,1H3,(H,19,21)(H,20,22,23). The zero-order valence-corrected chi connectivity index (χ0v) is 14.8. The minimum absolute atomic E-state index is 0.179. The average molecular weight is 372 g/mol.